The molecule has 1 aromatic carbocycles. The Labute approximate surface area is 108 Å². The van der Waals surface area contributed by atoms with Crippen LogP contribution >= 0.6 is 0 Å². The van der Waals surface area contributed by atoms with Crippen LogP contribution in [-0.2, 0) is 20.9 Å². The molecule has 2 rings (SSSR count). The van der Waals surface area contributed by atoms with Gasteiger partial charge in [-0.25, -0.2) is 0 Å². The Bertz CT molecular complexity index is 355. The molecule has 1 saturated heterocycles. The number of carbonyl (C=O) groups excluding carboxylic acids is 1. The Hall–Kier alpha value is -1.35. The van der Waals surface area contributed by atoms with Crippen LogP contribution < -0.4 is 0 Å². The van der Waals surface area contributed by atoms with Crippen molar-refractivity contribution in [3.8, 4) is 0 Å². The summed E-state index contributed by atoms with van der Waals surface area (Å²) in [5.74, 6) is -0.145. The summed E-state index contributed by atoms with van der Waals surface area (Å²) in [5, 5.41) is 0. The Balaban J connectivity index is 1.57. The quantitative estimate of drug-likeness (QED) is 0.725. The molecule has 0 N–H and O–H groups in total. The fourth-order valence-electron chi connectivity index (χ4n) is 1.99. The van der Waals surface area contributed by atoms with Gasteiger partial charge in [0, 0.05) is 13.0 Å². The molecule has 0 aromatic heterocycles. The smallest absolute Gasteiger partial charge is 0.306 e. The molecule has 0 spiro atoms. The van der Waals surface area contributed by atoms with Crippen molar-refractivity contribution in [2.45, 2.75) is 38.4 Å². The number of esters is 1. The standard InChI is InChI=1S/C15H19O3/c16-15(10-4-8-14-9-5-11-17-14)18-12-13-6-2-1-3-7-13/h1-3,6-8,14H,4-5,9-12H2/t14-/m1/s1. The van der Waals surface area contributed by atoms with Gasteiger partial charge in [0.15, 0.2) is 0 Å². The molecule has 1 heterocycles. The summed E-state index contributed by atoms with van der Waals surface area (Å²) in [6, 6.07) is 9.72. The predicted octanol–water partition coefficient (Wildman–Crippen LogP) is 2.89. The van der Waals surface area contributed by atoms with Crippen LogP contribution in [0.3, 0.4) is 0 Å². The molecule has 1 atom stereocenters. The summed E-state index contributed by atoms with van der Waals surface area (Å²) >= 11 is 0. The first kappa shape index (κ1) is 13.1. The summed E-state index contributed by atoms with van der Waals surface area (Å²) in [6.07, 6.45) is 5.70. The highest BCUT2D eigenvalue weighted by atomic mass is 16.5. The first-order valence-corrected chi connectivity index (χ1v) is 6.49. The zero-order valence-electron chi connectivity index (χ0n) is 10.5. The van der Waals surface area contributed by atoms with E-state index < -0.39 is 0 Å². The van der Waals surface area contributed by atoms with Gasteiger partial charge in [-0.3, -0.25) is 4.79 Å². The fourth-order valence-corrected chi connectivity index (χ4v) is 1.99. The molecule has 3 nitrogen and oxygen atoms in total. The van der Waals surface area contributed by atoms with Crippen molar-refractivity contribution in [1.29, 1.82) is 0 Å². The number of hydrogen-bond acceptors (Lipinski definition) is 3. The molecule has 1 aliphatic heterocycles. The average molecular weight is 247 g/mol. The first-order valence-electron chi connectivity index (χ1n) is 6.49. The van der Waals surface area contributed by atoms with Gasteiger partial charge in [0.1, 0.15) is 6.61 Å². The van der Waals surface area contributed by atoms with E-state index in [0.29, 0.717) is 13.0 Å². The van der Waals surface area contributed by atoms with Gasteiger partial charge in [-0.2, -0.15) is 0 Å². The van der Waals surface area contributed by atoms with Crippen LogP contribution in [0, 0.1) is 6.42 Å². The molecule has 1 radical (unpaired) electrons. The Kier molecular flexibility index (Phi) is 5.21. The van der Waals surface area contributed by atoms with Crippen molar-refractivity contribution in [2.24, 2.45) is 0 Å². The van der Waals surface area contributed by atoms with Crippen LogP contribution in [0.15, 0.2) is 30.3 Å². The van der Waals surface area contributed by atoms with Gasteiger partial charge in [-0.15, -0.1) is 0 Å². The summed E-state index contributed by atoms with van der Waals surface area (Å²) in [6.45, 7) is 1.21. The highest BCUT2D eigenvalue weighted by Crippen LogP contribution is 2.17. The molecule has 0 bridgehead atoms. The Morgan fingerprint density at radius 2 is 2.22 bits per heavy atom. The minimum atomic E-state index is -0.145. The third kappa shape index (κ3) is 4.49. The molecule has 3 heteroatoms. The van der Waals surface area contributed by atoms with Gasteiger partial charge < -0.3 is 9.47 Å². The second-order valence-electron chi connectivity index (χ2n) is 4.47. The zero-order chi connectivity index (χ0) is 12.6. The number of rotatable bonds is 6. The van der Waals surface area contributed by atoms with Crippen LogP contribution in [0.25, 0.3) is 0 Å². The summed E-state index contributed by atoms with van der Waals surface area (Å²) in [4.78, 5) is 11.5. The zero-order valence-corrected chi connectivity index (χ0v) is 10.5. The number of benzene rings is 1. The van der Waals surface area contributed by atoms with Gasteiger partial charge in [-0.1, -0.05) is 30.3 Å². The molecule has 1 aliphatic rings. The van der Waals surface area contributed by atoms with Crippen molar-refractivity contribution in [2.75, 3.05) is 6.61 Å². The van der Waals surface area contributed by atoms with E-state index in [-0.39, 0.29) is 12.1 Å². The van der Waals surface area contributed by atoms with Crippen molar-refractivity contribution in [1.82, 2.24) is 0 Å². The molecule has 18 heavy (non-hydrogen) atoms. The van der Waals surface area contributed by atoms with E-state index in [9.17, 15) is 4.79 Å². The average Bonchev–Trinajstić information content (AvgIpc) is 2.91. The lowest BCUT2D eigenvalue weighted by atomic mass is 10.1. The molecular weight excluding hydrogens is 228 g/mol. The SMILES string of the molecule is O=C(CC[CH][C@@H]1CCCO1)OCc1ccccc1. The van der Waals surface area contributed by atoms with Gasteiger partial charge >= 0.3 is 5.97 Å². The first-order chi connectivity index (χ1) is 8.84. The minimum Gasteiger partial charge on any atom is -0.461 e. The maximum absolute atomic E-state index is 11.5. The van der Waals surface area contributed by atoms with Crippen molar-refractivity contribution < 1.29 is 14.3 Å². The van der Waals surface area contributed by atoms with E-state index in [4.69, 9.17) is 9.47 Å². The van der Waals surface area contributed by atoms with E-state index in [1.54, 1.807) is 0 Å². The van der Waals surface area contributed by atoms with Gasteiger partial charge in [-0.05, 0) is 31.2 Å². The molecular formula is C15H19O3. The summed E-state index contributed by atoms with van der Waals surface area (Å²) in [5.41, 5.74) is 1.02. The molecule has 0 unspecified atom stereocenters. The monoisotopic (exact) mass is 247 g/mol. The third-order valence-corrected chi connectivity index (χ3v) is 2.99. The second kappa shape index (κ2) is 7.17. The maximum Gasteiger partial charge on any atom is 0.306 e. The maximum atomic E-state index is 11.5. The van der Waals surface area contributed by atoms with E-state index in [1.807, 2.05) is 30.3 Å². The molecule has 0 amide bonds. The third-order valence-electron chi connectivity index (χ3n) is 2.99. The number of hydrogen-bond donors (Lipinski definition) is 0. The molecule has 1 fully saturated rings. The molecule has 0 saturated carbocycles. The molecule has 1 aromatic rings. The van der Waals surface area contributed by atoms with Crippen molar-refractivity contribution in [3.63, 3.8) is 0 Å². The van der Waals surface area contributed by atoms with E-state index in [1.165, 1.54) is 0 Å². The van der Waals surface area contributed by atoms with Crippen molar-refractivity contribution >= 4 is 5.97 Å². The molecule has 97 valence electrons. The van der Waals surface area contributed by atoms with Crippen LogP contribution in [0.2, 0.25) is 0 Å². The van der Waals surface area contributed by atoms with Gasteiger partial charge in [0.05, 0.1) is 6.10 Å². The van der Waals surface area contributed by atoms with Crippen molar-refractivity contribution in [3.05, 3.63) is 42.3 Å². The van der Waals surface area contributed by atoms with Crippen LogP contribution in [0.4, 0.5) is 0 Å². The number of carbonyl (C=O) groups is 1. The second-order valence-corrected chi connectivity index (χ2v) is 4.47. The van der Waals surface area contributed by atoms with Gasteiger partial charge in [0.2, 0.25) is 0 Å². The van der Waals surface area contributed by atoms with Crippen LogP contribution in [0.1, 0.15) is 31.2 Å². The highest BCUT2D eigenvalue weighted by Gasteiger charge is 2.15. The summed E-state index contributed by atoms with van der Waals surface area (Å²) < 4.78 is 10.6. The lowest BCUT2D eigenvalue weighted by Crippen LogP contribution is -2.09. The van der Waals surface area contributed by atoms with E-state index >= 15 is 0 Å². The lowest BCUT2D eigenvalue weighted by Gasteiger charge is -2.08. The number of ether oxygens (including phenoxy) is 2. The Morgan fingerprint density at radius 1 is 1.39 bits per heavy atom. The molecule has 0 aliphatic carbocycles. The fraction of sp³-hybridized carbons (Fsp3) is 0.467. The van der Waals surface area contributed by atoms with Gasteiger partial charge in [0.25, 0.3) is 0 Å². The van der Waals surface area contributed by atoms with Crippen LogP contribution in [0.5, 0.6) is 0 Å². The van der Waals surface area contributed by atoms with E-state index in [2.05, 4.69) is 6.42 Å². The van der Waals surface area contributed by atoms with E-state index in [0.717, 1.165) is 31.4 Å². The topological polar surface area (TPSA) is 35.5 Å². The largest absolute Gasteiger partial charge is 0.461 e. The minimum absolute atomic E-state index is 0.145. The summed E-state index contributed by atoms with van der Waals surface area (Å²) in [7, 11) is 0. The normalized spacial score (nSPS) is 18.8. The predicted molar refractivity (Wildman–Crippen MR) is 68.7 cm³/mol. The lowest BCUT2D eigenvalue weighted by molar-refractivity contribution is -0.144. The Morgan fingerprint density at radius 3 is 2.94 bits per heavy atom. The van der Waals surface area contributed by atoms with Crippen LogP contribution in [-0.4, -0.2) is 18.7 Å². The highest BCUT2D eigenvalue weighted by molar-refractivity contribution is 5.69.